The Morgan fingerprint density at radius 1 is 0.750 bits per heavy atom. The largest absolute Gasteiger partial charge is 0.268 e. The molecule has 0 amide bonds. The van der Waals surface area contributed by atoms with Crippen LogP contribution < -0.4 is 0 Å². The quantitative estimate of drug-likeness (QED) is 0.535. The molecule has 0 aliphatic rings. The molecule has 3 nitrogen and oxygen atoms in total. The molecule has 0 bridgehead atoms. The highest BCUT2D eigenvalue weighted by Crippen LogP contribution is 2.34. The molecule has 4 heteroatoms. The van der Waals surface area contributed by atoms with Gasteiger partial charge in [-0.25, -0.2) is 12.4 Å². The van der Waals surface area contributed by atoms with Crippen molar-refractivity contribution >= 4 is 31.8 Å². The summed E-state index contributed by atoms with van der Waals surface area (Å²) in [5, 5.41) is 1.95. The van der Waals surface area contributed by atoms with Crippen molar-refractivity contribution in [1.29, 1.82) is 0 Å². The fraction of sp³-hybridized carbons (Fsp3) is 0.100. The minimum Gasteiger partial charge on any atom is -0.233 e. The first-order valence-electron chi connectivity index (χ1n) is 7.81. The molecule has 1 aromatic heterocycles. The van der Waals surface area contributed by atoms with Gasteiger partial charge in [0.25, 0.3) is 10.0 Å². The van der Waals surface area contributed by atoms with Crippen LogP contribution >= 0.6 is 0 Å². The molecule has 0 saturated carbocycles. The Bertz CT molecular complexity index is 1170. The summed E-state index contributed by atoms with van der Waals surface area (Å²) >= 11 is 0. The van der Waals surface area contributed by atoms with Crippen molar-refractivity contribution < 1.29 is 8.42 Å². The molecule has 3 aromatic carbocycles. The second-order valence-electron chi connectivity index (χ2n) is 6.07. The van der Waals surface area contributed by atoms with E-state index in [1.54, 1.807) is 12.1 Å². The monoisotopic (exact) mass is 335 g/mol. The van der Waals surface area contributed by atoms with E-state index in [0.29, 0.717) is 10.4 Å². The molecule has 0 aliphatic heterocycles. The number of benzene rings is 3. The van der Waals surface area contributed by atoms with Crippen LogP contribution in [0.2, 0.25) is 0 Å². The van der Waals surface area contributed by atoms with Gasteiger partial charge in [-0.15, -0.1) is 0 Å². The Labute approximate surface area is 141 Å². The van der Waals surface area contributed by atoms with Crippen molar-refractivity contribution in [3.63, 3.8) is 0 Å². The molecule has 120 valence electrons. The first-order valence-corrected chi connectivity index (χ1v) is 9.25. The normalized spacial score (nSPS) is 12.1. The average Bonchev–Trinajstić information content (AvgIpc) is 2.91. The summed E-state index contributed by atoms with van der Waals surface area (Å²) in [6.07, 6.45) is 0. The van der Waals surface area contributed by atoms with Crippen LogP contribution in [0.4, 0.5) is 0 Å². The van der Waals surface area contributed by atoms with Crippen molar-refractivity contribution in [1.82, 2.24) is 3.97 Å². The summed E-state index contributed by atoms with van der Waals surface area (Å²) in [7, 11) is -3.67. The van der Waals surface area contributed by atoms with E-state index >= 15 is 0 Å². The Morgan fingerprint density at radius 3 is 2.17 bits per heavy atom. The number of fused-ring (bicyclic) bond motifs is 3. The van der Waals surface area contributed by atoms with E-state index in [2.05, 4.69) is 0 Å². The zero-order valence-electron chi connectivity index (χ0n) is 13.5. The smallest absolute Gasteiger partial charge is 0.233 e. The van der Waals surface area contributed by atoms with Gasteiger partial charge in [-0.05, 0) is 43.7 Å². The molecule has 0 fully saturated rings. The van der Waals surface area contributed by atoms with Crippen LogP contribution in [0.5, 0.6) is 0 Å². The van der Waals surface area contributed by atoms with Crippen LogP contribution in [-0.2, 0) is 10.0 Å². The number of aryl methyl sites for hydroxylation is 2. The van der Waals surface area contributed by atoms with Gasteiger partial charge in [-0.3, -0.25) is 0 Å². The van der Waals surface area contributed by atoms with Crippen LogP contribution in [0.15, 0.2) is 71.6 Å². The van der Waals surface area contributed by atoms with Gasteiger partial charge in [0.05, 0.1) is 15.9 Å². The van der Waals surface area contributed by atoms with Gasteiger partial charge in [-0.1, -0.05) is 48.0 Å². The predicted octanol–water partition coefficient (Wildman–Crippen LogP) is 4.65. The Hall–Kier alpha value is -2.59. The van der Waals surface area contributed by atoms with Gasteiger partial charge >= 0.3 is 0 Å². The Balaban J connectivity index is 2.16. The van der Waals surface area contributed by atoms with Gasteiger partial charge in [0.1, 0.15) is 0 Å². The molecule has 0 unspecified atom stereocenters. The third-order valence-electron chi connectivity index (χ3n) is 4.42. The highest BCUT2D eigenvalue weighted by molar-refractivity contribution is 7.90. The second kappa shape index (κ2) is 5.21. The summed E-state index contributed by atoms with van der Waals surface area (Å²) in [6.45, 7) is 3.96. The predicted molar refractivity (Wildman–Crippen MR) is 97.9 cm³/mol. The maximum Gasteiger partial charge on any atom is 0.268 e. The van der Waals surface area contributed by atoms with Gasteiger partial charge in [0, 0.05) is 10.8 Å². The van der Waals surface area contributed by atoms with Crippen molar-refractivity contribution in [2.24, 2.45) is 0 Å². The molecule has 0 saturated heterocycles. The maximum atomic E-state index is 13.3. The summed E-state index contributed by atoms with van der Waals surface area (Å²) in [6, 6.07) is 20.4. The zero-order valence-corrected chi connectivity index (χ0v) is 14.3. The lowest BCUT2D eigenvalue weighted by molar-refractivity contribution is 0.590. The van der Waals surface area contributed by atoms with Gasteiger partial charge < -0.3 is 0 Å². The van der Waals surface area contributed by atoms with E-state index < -0.39 is 10.0 Å². The minimum atomic E-state index is -3.67. The number of rotatable bonds is 2. The summed E-state index contributed by atoms with van der Waals surface area (Å²) in [5.74, 6) is 0. The van der Waals surface area contributed by atoms with E-state index in [-0.39, 0.29) is 0 Å². The molecule has 0 radical (unpaired) electrons. The number of hydrogen-bond donors (Lipinski definition) is 0. The highest BCUT2D eigenvalue weighted by atomic mass is 32.2. The number of aromatic nitrogens is 1. The molecule has 0 spiro atoms. The van der Waals surface area contributed by atoms with E-state index in [9.17, 15) is 8.42 Å². The SMILES string of the molecule is Cc1ccc(S(=O)(=O)n2c3ccccc3c3c(C)cccc32)cc1. The number of para-hydroxylation sites is 1. The van der Waals surface area contributed by atoms with Crippen LogP contribution in [0.3, 0.4) is 0 Å². The molecule has 0 aliphatic carbocycles. The lowest BCUT2D eigenvalue weighted by Gasteiger charge is -2.09. The van der Waals surface area contributed by atoms with Crippen molar-refractivity contribution in [2.45, 2.75) is 18.7 Å². The first-order chi connectivity index (χ1) is 11.5. The standard InChI is InChI=1S/C20H17NO2S/c1-14-10-12-16(13-11-14)24(22,23)21-18-8-4-3-7-17(18)20-15(2)6-5-9-19(20)21/h3-13H,1-2H3. The Kier molecular flexibility index (Phi) is 3.25. The van der Waals surface area contributed by atoms with Gasteiger partial charge in [0.2, 0.25) is 0 Å². The third-order valence-corrected chi connectivity index (χ3v) is 6.16. The van der Waals surface area contributed by atoms with E-state index in [1.165, 1.54) is 3.97 Å². The number of nitrogens with zero attached hydrogens (tertiary/aromatic N) is 1. The topological polar surface area (TPSA) is 39.1 Å². The molecule has 4 rings (SSSR count). The minimum absolute atomic E-state index is 0.303. The molecule has 4 aromatic rings. The van der Waals surface area contributed by atoms with Crippen LogP contribution in [0.25, 0.3) is 21.8 Å². The average molecular weight is 335 g/mol. The van der Waals surface area contributed by atoms with Gasteiger partial charge in [-0.2, -0.15) is 0 Å². The fourth-order valence-corrected chi connectivity index (χ4v) is 4.76. The van der Waals surface area contributed by atoms with Gasteiger partial charge in [0.15, 0.2) is 0 Å². The Morgan fingerprint density at radius 2 is 1.42 bits per heavy atom. The van der Waals surface area contributed by atoms with Crippen LogP contribution in [-0.4, -0.2) is 12.4 Å². The second-order valence-corrected chi connectivity index (χ2v) is 7.86. The molecule has 24 heavy (non-hydrogen) atoms. The van der Waals surface area contributed by atoms with Crippen molar-refractivity contribution in [3.8, 4) is 0 Å². The lowest BCUT2D eigenvalue weighted by atomic mass is 10.1. The van der Waals surface area contributed by atoms with E-state index in [4.69, 9.17) is 0 Å². The van der Waals surface area contributed by atoms with E-state index in [1.807, 2.05) is 68.4 Å². The number of hydrogen-bond acceptors (Lipinski definition) is 2. The maximum absolute atomic E-state index is 13.3. The first kappa shape index (κ1) is 15.0. The summed E-state index contributed by atoms with van der Waals surface area (Å²) < 4.78 is 28.1. The third kappa shape index (κ3) is 2.07. The molecule has 1 heterocycles. The van der Waals surface area contributed by atoms with Crippen LogP contribution in [0, 0.1) is 13.8 Å². The van der Waals surface area contributed by atoms with Crippen molar-refractivity contribution in [2.75, 3.05) is 0 Å². The molecular weight excluding hydrogens is 318 g/mol. The van der Waals surface area contributed by atoms with Crippen molar-refractivity contribution in [3.05, 3.63) is 77.9 Å². The fourth-order valence-electron chi connectivity index (χ4n) is 3.24. The highest BCUT2D eigenvalue weighted by Gasteiger charge is 2.23. The molecule has 0 atom stereocenters. The van der Waals surface area contributed by atoms with Crippen LogP contribution in [0.1, 0.15) is 11.1 Å². The zero-order chi connectivity index (χ0) is 16.9. The van der Waals surface area contributed by atoms with E-state index in [0.717, 1.165) is 27.4 Å². The summed E-state index contributed by atoms with van der Waals surface area (Å²) in [5.41, 5.74) is 3.53. The molecule has 0 N–H and O–H groups in total. The molecular formula is C20H17NO2S. The summed E-state index contributed by atoms with van der Waals surface area (Å²) in [4.78, 5) is 0.303. The lowest BCUT2D eigenvalue weighted by Crippen LogP contribution is -2.12.